The molecular formula is C28H19Cl3FN3O3. The van der Waals surface area contributed by atoms with Crippen LogP contribution in [0.4, 0.5) is 9.18 Å². The van der Waals surface area contributed by atoms with Gasteiger partial charge in [-0.15, -0.1) is 0 Å². The number of rotatable bonds is 3. The zero-order valence-electron chi connectivity index (χ0n) is 19.7. The summed E-state index contributed by atoms with van der Waals surface area (Å²) in [6.45, 7) is 0. The Morgan fingerprint density at radius 3 is 2.45 bits per heavy atom. The number of benzene rings is 2. The van der Waals surface area contributed by atoms with E-state index in [2.05, 4.69) is 0 Å². The summed E-state index contributed by atoms with van der Waals surface area (Å²) in [7, 11) is 0. The molecule has 2 aromatic carbocycles. The van der Waals surface area contributed by atoms with Gasteiger partial charge in [-0.2, -0.15) is 0 Å². The summed E-state index contributed by atoms with van der Waals surface area (Å²) >= 11 is 19.5. The Morgan fingerprint density at radius 2 is 1.76 bits per heavy atom. The maximum absolute atomic E-state index is 13.9. The van der Waals surface area contributed by atoms with E-state index in [-0.39, 0.29) is 22.7 Å². The second-order valence-electron chi connectivity index (χ2n) is 9.37. The van der Waals surface area contributed by atoms with Crippen LogP contribution in [0.3, 0.4) is 0 Å². The topological polar surface area (TPSA) is 75.4 Å². The van der Waals surface area contributed by atoms with E-state index in [0.29, 0.717) is 50.0 Å². The van der Waals surface area contributed by atoms with E-state index in [0.717, 1.165) is 18.4 Å². The third-order valence-corrected chi connectivity index (χ3v) is 8.11. The van der Waals surface area contributed by atoms with Crippen LogP contribution in [0.15, 0.2) is 65.5 Å². The summed E-state index contributed by atoms with van der Waals surface area (Å²) in [5.41, 5.74) is 2.84. The zero-order chi connectivity index (χ0) is 26.7. The zero-order valence-corrected chi connectivity index (χ0v) is 21.9. The maximum Gasteiger partial charge on any atom is 0.408 e. The van der Waals surface area contributed by atoms with Crippen molar-refractivity contribution < 1.29 is 14.3 Å². The van der Waals surface area contributed by atoms with Crippen LogP contribution >= 0.6 is 34.8 Å². The highest BCUT2D eigenvalue weighted by Crippen LogP contribution is 2.41. The molecule has 38 heavy (non-hydrogen) atoms. The highest BCUT2D eigenvalue weighted by atomic mass is 35.5. The lowest BCUT2D eigenvalue weighted by Gasteiger charge is -2.31. The summed E-state index contributed by atoms with van der Waals surface area (Å²) in [5, 5.41) is 11.0. The van der Waals surface area contributed by atoms with Gasteiger partial charge in [0.05, 0.1) is 43.7 Å². The first-order valence-electron chi connectivity index (χ1n) is 11.9. The van der Waals surface area contributed by atoms with Gasteiger partial charge in [0.1, 0.15) is 5.82 Å². The molecule has 0 radical (unpaired) electrons. The van der Waals surface area contributed by atoms with Gasteiger partial charge in [-0.05, 0) is 67.3 Å². The van der Waals surface area contributed by atoms with E-state index in [1.807, 2.05) is 6.08 Å². The van der Waals surface area contributed by atoms with E-state index in [1.165, 1.54) is 27.7 Å². The summed E-state index contributed by atoms with van der Waals surface area (Å²) in [5.74, 6) is -0.487. The SMILES string of the molecule is O=C(O)N1C2C=C(c3cc4c(ccc(=O)n4-c4c(Cl)cccc4Cl)c(-c4ccc(F)cc4Cl)n3)CC1CC2. The van der Waals surface area contributed by atoms with Crippen LogP contribution in [-0.4, -0.2) is 37.7 Å². The molecule has 2 unspecified atom stereocenters. The number of pyridine rings is 2. The fourth-order valence-electron chi connectivity index (χ4n) is 5.54. The van der Waals surface area contributed by atoms with Crippen molar-refractivity contribution in [1.29, 1.82) is 0 Å². The molecule has 2 bridgehead atoms. The van der Waals surface area contributed by atoms with E-state index in [1.54, 1.807) is 36.4 Å². The second-order valence-corrected chi connectivity index (χ2v) is 10.6. The van der Waals surface area contributed by atoms with Crippen LogP contribution in [0.1, 0.15) is 25.0 Å². The first-order valence-corrected chi connectivity index (χ1v) is 13.1. The van der Waals surface area contributed by atoms with Crippen molar-refractivity contribution in [2.45, 2.75) is 31.3 Å². The predicted molar refractivity (Wildman–Crippen MR) is 147 cm³/mol. The van der Waals surface area contributed by atoms with E-state index in [4.69, 9.17) is 39.8 Å². The minimum Gasteiger partial charge on any atom is -0.465 e. The minimum absolute atomic E-state index is 0.163. The Labute approximate surface area is 231 Å². The Hall–Kier alpha value is -3.39. The predicted octanol–water partition coefficient (Wildman–Crippen LogP) is 7.45. The smallest absolute Gasteiger partial charge is 0.408 e. The molecular weight excluding hydrogens is 552 g/mol. The lowest BCUT2D eigenvalue weighted by molar-refractivity contribution is 0.128. The molecule has 6 rings (SSSR count). The molecule has 4 heterocycles. The Morgan fingerprint density at radius 1 is 1.00 bits per heavy atom. The third-order valence-electron chi connectivity index (χ3n) is 7.18. The molecule has 6 nitrogen and oxygen atoms in total. The molecule has 0 saturated carbocycles. The Balaban J connectivity index is 1.67. The summed E-state index contributed by atoms with van der Waals surface area (Å²) in [6.07, 6.45) is 2.93. The number of carbonyl (C=O) groups is 1. The van der Waals surface area contributed by atoms with Gasteiger partial charge in [0.25, 0.3) is 5.56 Å². The van der Waals surface area contributed by atoms with Crippen molar-refractivity contribution in [3.8, 4) is 16.9 Å². The van der Waals surface area contributed by atoms with Crippen molar-refractivity contribution in [3.63, 3.8) is 0 Å². The molecule has 1 N–H and O–H groups in total. The molecule has 4 aromatic rings. The number of carboxylic acid groups (broad SMARTS) is 1. The maximum atomic E-state index is 13.9. The molecule has 1 fully saturated rings. The largest absolute Gasteiger partial charge is 0.465 e. The average Bonchev–Trinajstić information content (AvgIpc) is 3.14. The van der Waals surface area contributed by atoms with Gasteiger partial charge >= 0.3 is 6.09 Å². The van der Waals surface area contributed by atoms with Gasteiger partial charge in [0.2, 0.25) is 0 Å². The molecule has 1 amide bonds. The quantitative estimate of drug-likeness (QED) is 0.278. The van der Waals surface area contributed by atoms with Crippen LogP contribution in [0.25, 0.3) is 33.4 Å². The highest BCUT2D eigenvalue weighted by molar-refractivity contribution is 6.38. The van der Waals surface area contributed by atoms with E-state index in [9.17, 15) is 19.1 Å². The fourth-order valence-corrected chi connectivity index (χ4v) is 6.36. The monoisotopic (exact) mass is 569 g/mol. The average molecular weight is 571 g/mol. The Bertz CT molecular complexity index is 1720. The van der Waals surface area contributed by atoms with Crippen LogP contribution < -0.4 is 5.56 Å². The number of aromatic nitrogens is 2. The van der Waals surface area contributed by atoms with Gasteiger partial charge in [-0.25, -0.2) is 14.2 Å². The second kappa shape index (κ2) is 9.42. The summed E-state index contributed by atoms with van der Waals surface area (Å²) in [4.78, 5) is 31.5. The molecule has 1 saturated heterocycles. The number of nitrogens with zero attached hydrogens (tertiary/aromatic N) is 3. The molecule has 2 aromatic heterocycles. The van der Waals surface area contributed by atoms with E-state index >= 15 is 0 Å². The van der Waals surface area contributed by atoms with Gasteiger partial charge in [0.15, 0.2) is 0 Å². The van der Waals surface area contributed by atoms with Crippen LogP contribution in [0.2, 0.25) is 15.1 Å². The lowest BCUT2D eigenvalue weighted by atomic mass is 9.96. The highest BCUT2D eigenvalue weighted by Gasteiger charge is 2.40. The first-order chi connectivity index (χ1) is 18.2. The molecule has 192 valence electrons. The normalized spacial score (nSPS) is 18.6. The van der Waals surface area contributed by atoms with Crippen molar-refractivity contribution in [3.05, 3.63) is 97.6 Å². The van der Waals surface area contributed by atoms with Crippen LogP contribution in [-0.2, 0) is 0 Å². The molecule has 2 aliphatic heterocycles. The van der Waals surface area contributed by atoms with Crippen molar-refractivity contribution >= 4 is 57.4 Å². The van der Waals surface area contributed by atoms with Gasteiger partial charge < -0.3 is 5.11 Å². The summed E-state index contributed by atoms with van der Waals surface area (Å²) < 4.78 is 15.4. The molecule has 0 spiro atoms. The summed E-state index contributed by atoms with van der Waals surface area (Å²) in [6, 6.07) is 13.5. The number of para-hydroxylation sites is 1. The first kappa shape index (κ1) is 24.9. The van der Waals surface area contributed by atoms with Gasteiger partial charge in [-0.3, -0.25) is 14.3 Å². The van der Waals surface area contributed by atoms with Crippen LogP contribution in [0, 0.1) is 5.82 Å². The number of halogens is 4. The number of amides is 1. The van der Waals surface area contributed by atoms with Crippen LogP contribution in [0.5, 0.6) is 0 Å². The minimum atomic E-state index is -0.944. The Kier molecular flexibility index (Phi) is 6.17. The van der Waals surface area contributed by atoms with Gasteiger partial charge in [-0.1, -0.05) is 46.9 Å². The third kappa shape index (κ3) is 4.06. The number of hydrogen-bond donors (Lipinski definition) is 1. The lowest BCUT2D eigenvalue weighted by Crippen LogP contribution is -2.42. The molecule has 2 aliphatic rings. The van der Waals surface area contributed by atoms with E-state index < -0.39 is 11.9 Å². The number of hydrogen-bond acceptors (Lipinski definition) is 3. The van der Waals surface area contributed by atoms with Gasteiger partial charge in [0, 0.05) is 23.1 Å². The molecule has 0 aliphatic carbocycles. The van der Waals surface area contributed by atoms with Crippen molar-refractivity contribution in [2.75, 3.05) is 0 Å². The molecule has 10 heteroatoms. The number of fused-ring (bicyclic) bond motifs is 3. The van der Waals surface area contributed by atoms with Crippen molar-refractivity contribution in [2.24, 2.45) is 0 Å². The molecule has 2 atom stereocenters. The fraction of sp³-hybridized carbons (Fsp3) is 0.179. The van der Waals surface area contributed by atoms with Crippen molar-refractivity contribution in [1.82, 2.24) is 14.5 Å². The standard InChI is InChI=1S/C28H19Cl3FN3O3/c29-20-2-1-3-21(30)27(20)35-24-13-23(14-10-16-5-6-17(11-14)34(16)28(37)38)33-26(19(24)8-9-25(35)36)18-7-4-15(32)12-22(18)31/h1-4,7-10,12-13,16-17H,5-6,11H2,(H,37,38).